The Morgan fingerprint density at radius 3 is 2.37 bits per heavy atom. The number of carboxylic acids is 1. The summed E-state index contributed by atoms with van der Waals surface area (Å²) in [5.41, 5.74) is 0. The summed E-state index contributed by atoms with van der Waals surface area (Å²) in [6, 6.07) is 5.63. The lowest BCUT2D eigenvalue weighted by Crippen LogP contribution is -2.46. The largest absolute Gasteiger partial charge is 0.484 e. The molecule has 0 fully saturated rings. The molecule has 19 heavy (non-hydrogen) atoms. The van der Waals surface area contributed by atoms with Crippen LogP contribution in [-0.4, -0.2) is 29.6 Å². The van der Waals surface area contributed by atoms with Crippen LogP contribution < -0.4 is 10.1 Å². The van der Waals surface area contributed by atoms with Gasteiger partial charge in [0.25, 0.3) is 5.91 Å². The Morgan fingerprint density at radius 2 is 1.89 bits per heavy atom. The maximum atomic E-state index is 11.6. The van der Waals surface area contributed by atoms with Crippen LogP contribution in [0, 0.1) is 5.92 Å². The molecule has 2 N–H and O–H groups in total. The quantitative estimate of drug-likeness (QED) is 0.837. The van der Waals surface area contributed by atoms with E-state index in [2.05, 4.69) is 5.32 Å². The molecule has 1 amide bonds. The number of amides is 1. The first-order chi connectivity index (χ1) is 8.90. The van der Waals surface area contributed by atoms with E-state index in [9.17, 15) is 9.59 Å². The highest BCUT2D eigenvalue weighted by Gasteiger charge is 2.23. The van der Waals surface area contributed by atoms with Crippen molar-refractivity contribution < 1.29 is 19.4 Å². The van der Waals surface area contributed by atoms with Gasteiger partial charge in [-0.2, -0.15) is 0 Å². The molecule has 0 aliphatic carbocycles. The molecule has 1 aromatic rings. The Balaban J connectivity index is 2.47. The molecule has 0 radical (unpaired) electrons. The zero-order valence-electron chi connectivity index (χ0n) is 10.7. The van der Waals surface area contributed by atoms with E-state index in [1.807, 2.05) is 0 Å². The molecular formula is C13H16ClNO4. The van der Waals surface area contributed by atoms with Gasteiger partial charge in [-0.15, -0.1) is 0 Å². The smallest absolute Gasteiger partial charge is 0.326 e. The summed E-state index contributed by atoms with van der Waals surface area (Å²) < 4.78 is 5.22. The Hall–Kier alpha value is -1.75. The van der Waals surface area contributed by atoms with Crippen LogP contribution in [0.3, 0.4) is 0 Å². The van der Waals surface area contributed by atoms with Crippen LogP contribution in [0.2, 0.25) is 5.02 Å². The number of carbonyl (C=O) groups excluding carboxylic acids is 1. The maximum absolute atomic E-state index is 11.6. The standard InChI is InChI=1S/C13H16ClNO4/c1-8(2)12(13(17)18)15-11(16)7-19-10-5-3-9(14)4-6-10/h3-6,8,12H,7H2,1-2H3,(H,15,16)(H,17,18)/t12-/m1/s1. The molecule has 1 atom stereocenters. The van der Waals surface area contributed by atoms with Crippen molar-refractivity contribution in [3.8, 4) is 5.75 Å². The molecule has 0 unspecified atom stereocenters. The van der Waals surface area contributed by atoms with Crippen molar-refractivity contribution in [2.75, 3.05) is 6.61 Å². The van der Waals surface area contributed by atoms with E-state index in [-0.39, 0.29) is 12.5 Å². The number of aliphatic carboxylic acids is 1. The molecule has 5 nitrogen and oxygen atoms in total. The van der Waals surface area contributed by atoms with Gasteiger partial charge in [-0.25, -0.2) is 4.79 Å². The first kappa shape index (κ1) is 15.3. The fourth-order valence-electron chi connectivity index (χ4n) is 1.41. The minimum absolute atomic E-state index is 0.197. The Labute approximate surface area is 116 Å². The average molecular weight is 286 g/mol. The summed E-state index contributed by atoms with van der Waals surface area (Å²) in [6.07, 6.45) is 0. The highest BCUT2D eigenvalue weighted by Crippen LogP contribution is 2.15. The summed E-state index contributed by atoms with van der Waals surface area (Å²) in [6.45, 7) is 3.20. The highest BCUT2D eigenvalue weighted by molar-refractivity contribution is 6.30. The fraction of sp³-hybridized carbons (Fsp3) is 0.385. The van der Waals surface area contributed by atoms with Crippen molar-refractivity contribution in [3.05, 3.63) is 29.3 Å². The summed E-state index contributed by atoms with van der Waals surface area (Å²) in [5, 5.41) is 11.9. The molecule has 6 heteroatoms. The molecule has 0 saturated carbocycles. The van der Waals surface area contributed by atoms with Gasteiger partial charge < -0.3 is 15.2 Å². The lowest BCUT2D eigenvalue weighted by atomic mass is 10.1. The second-order valence-corrected chi connectivity index (χ2v) is 4.81. The zero-order chi connectivity index (χ0) is 14.4. The summed E-state index contributed by atoms with van der Waals surface area (Å²) in [7, 11) is 0. The molecule has 104 valence electrons. The molecule has 0 heterocycles. The van der Waals surface area contributed by atoms with E-state index in [1.165, 1.54) is 0 Å². The van der Waals surface area contributed by atoms with E-state index >= 15 is 0 Å². The van der Waals surface area contributed by atoms with Crippen molar-refractivity contribution >= 4 is 23.5 Å². The van der Waals surface area contributed by atoms with Crippen LogP contribution in [0.15, 0.2) is 24.3 Å². The first-order valence-corrected chi connectivity index (χ1v) is 6.18. The predicted molar refractivity (Wildman–Crippen MR) is 71.4 cm³/mol. The van der Waals surface area contributed by atoms with Crippen molar-refractivity contribution in [1.82, 2.24) is 5.32 Å². The normalized spacial score (nSPS) is 12.0. The van der Waals surface area contributed by atoms with Gasteiger partial charge >= 0.3 is 5.97 Å². The third kappa shape index (κ3) is 5.18. The van der Waals surface area contributed by atoms with Gasteiger partial charge in [0.2, 0.25) is 0 Å². The Kier molecular flexibility index (Phi) is 5.63. The number of ether oxygens (including phenoxy) is 1. The van der Waals surface area contributed by atoms with E-state index in [1.54, 1.807) is 38.1 Å². The number of nitrogens with one attached hydrogen (secondary N) is 1. The van der Waals surface area contributed by atoms with Gasteiger partial charge in [-0.1, -0.05) is 25.4 Å². The molecule has 0 aliphatic heterocycles. The van der Waals surface area contributed by atoms with Crippen LogP contribution in [0.5, 0.6) is 5.75 Å². The van der Waals surface area contributed by atoms with Crippen LogP contribution in [0.4, 0.5) is 0 Å². The fourth-order valence-corrected chi connectivity index (χ4v) is 1.53. The average Bonchev–Trinajstić information content (AvgIpc) is 2.34. The highest BCUT2D eigenvalue weighted by atomic mass is 35.5. The number of halogens is 1. The molecule has 0 spiro atoms. The van der Waals surface area contributed by atoms with Crippen molar-refractivity contribution in [3.63, 3.8) is 0 Å². The molecule has 0 saturated heterocycles. The van der Waals surface area contributed by atoms with Crippen LogP contribution in [0.1, 0.15) is 13.8 Å². The lowest BCUT2D eigenvalue weighted by Gasteiger charge is -2.17. The number of benzene rings is 1. The summed E-state index contributed by atoms with van der Waals surface area (Å²) >= 11 is 5.71. The monoisotopic (exact) mass is 285 g/mol. The Bertz CT molecular complexity index is 444. The number of hydrogen-bond acceptors (Lipinski definition) is 3. The number of rotatable bonds is 6. The summed E-state index contributed by atoms with van der Waals surface area (Å²) in [4.78, 5) is 22.5. The molecule has 0 aliphatic rings. The van der Waals surface area contributed by atoms with Gasteiger partial charge in [0.15, 0.2) is 6.61 Å². The third-order valence-electron chi connectivity index (χ3n) is 2.43. The van der Waals surface area contributed by atoms with Crippen LogP contribution in [-0.2, 0) is 9.59 Å². The predicted octanol–water partition coefficient (Wildman–Crippen LogP) is 1.94. The van der Waals surface area contributed by atoms with Gasteiger partial charge in [-0.3, -0.25) is 4.79 Å². The van der Waals surface area contributed by atoms with Crippen molar-refractivity contribution in [1.29, 1.82) is 0 Å². The number of carboxylic acid groups (broad SMARTS) is 1. The summed E-state index contributed by atoms with van der Waals surface area (Å²) in [5.74, 6) is -1.24. The second kappa shape index (κ2) is 6.99. The molecule has 1 aromatic carbocycles. The lowest BCUT2D eigenvalue weighted by molar-refractivity contribution is -0.143. The zero-order valence-corrected chi connectivity index (χ0v) is 11.5. The van der Waals surface area contributed by atoms with Gasteiger partial charge in [-0.05, 0) is 30.2 Å². The molecule has 1 rings (SSSR count). The molecule has 0 bridgehead atoms. The van der Waals surface area contributed by atoms with Crippen LogP contribution >= 0.6 is 11.6 Å². The van der Waals surface area contributed by atoms with Gasteiger partial charge in [0.05, 0.1) is 0 Å². The SMILES string of the molecule is CC(C)[C@@H](NC(=O)COc1ccc(Cl)cc1)C(=O)O. The third-order valence-corrected chi connectivity index (χ3v) is 2.68. The van der Waals surface area contributed by atoms with E-state index < -0.39 is 17.9 Å². The minimum atomic E-state index is -1.06. The van der Waals surface area contributed by atoms with Gasteiger partial charge in [0, 0.05) is 5.02 Å². The van der Waals surface area contributed by atoms with Gasteiger partial charge in [0.1, 0.15) is 11.8 Å². The maximum Gasteiger partial charge on any atom is 0.326 e. The van der Waals surface area contributed by atoms with E-state index in [0.717, 1.165) is 0 Å². The molecule has 0 aromatic heterocycles. The van der Waals surface area contributed by atoms with Crippen molar-refractivity contribution in [2.24, 2.45) is 5.92 Å². The Morgan fingerprint density at radius 1 is 1.32 bits per heavy atom. The van der Waals surface area contributed by atoms with E-state index in [4.69, 9.17) is 21.4 Å². The topological polar surface area (TPSA) is 75.6 Å². The molecular weight excluding hydrogens is 270 g/mol. The van der Waals surface area contributed by atoms with Crippen LogP contribution in [0.25, 0.3) is 0 Å². The van der Waals surface area contributed by atoms with E-state index in [0.29, 0.717) is 10.8 Å². The second-order valence-electron chi connectivity index (χ2n) is 4.37. The minimum Gasteiger partial charge on any atom is -0.484 e. The number of carbonyl (C=O) groups is 2. The first-order valence-electron chi connectivity index (χ1n) is 5.80. The van der Waals surface area contributed by atoms with Crippen molar-refractivity contribution in [2.45, 2.75) is 19.9 Å². The number of hydrogen-bond donors (Lipinski definition) is 2.